The molecule has 0 aliphatic carbocycles. The minimum atomic E-state index is -4.28. The number of aromatic nitrogens is 1. The standard InChI is InChI=1S/C9H12ClF3N2OS/c10-3-7-5-17-8(14-7)4-15(1-2-16)6-9(11,12)13/h5,16H,1-4,6H2. The number of halogens is 4. The Kier molecular flexibility index (Phi) is 5.64. The van der Waals surface area contributed by atoms with Crippen LogP contribution in [0.2, 0.25) is 0 Å². The fourth-order valence-corrected chi connectivity index (χ4v) is 2.35. The van der Waals surface area contributed by atoms with E-state index in [-0.39, 0.29) is 25.6 Å². The summed E-state index contributed by atoms with van der Waals surface area (Å²) < 4.78 is 36.7. The fraction of sp³-hybridized carbons (Fsp3) is 0.667. The molecule has 1 rings (SSSR count). The summed E-state index contributed by atoms with van der Waals surface area (Å²) in [6, 6.07) is 0. The maximum atomic E-state index is 12.2. The SMILES string of the molecule is OCCN(Cc1nc(CCl)cs1)CC(F)(F)F. The van der Waals surface area contributed by atoms with Crippen molar-refractivity contribution in [1.82, 2.24) is 9.88 Å². The number of hydrogen-bond acceptors (Lipinski definition) is 4. The quantitative estimate of drug-likeness (QED) is 0.816. The Bertz CT molecular complexity index is 345. The Labute approximate surface area is 106 Å². The number of rotatable bonds is 6. The molecule has 0 saturated heterocycles. The Balaban J connectivity index is 2.59. The summed E-state index contributed by atoms with van der Waals surface area (Å²) in [5.41, 5.74) is 0.655. The number of thiazole rings is 1. The third-order valence-corrected chi connectivity index (χ3v) is 3.07. The van der Waals surface area contributed by atoms with Gasteiger partial charge < -0.3 is 5.11 Å². The minimum absolute atomic E-state index is 0.0324. The van der Waals surface area contributed by atoms with Crippen LogP contribution >= 0.6 is 22.9 Å². The van der Waals surface area contributed by atoms with Gasteiger partial charge in [0.05, 0.1) is 31.3 Å². The fourth-order valence-electron chi connectivity index (χ4n) is 1.28. The number of nitrogens with zero attached hydrogens (tertiary/aromatic N) is 2. The molecular weight excluding hydrogens is 277 g/mol. The van der Waals surface area contributed by atoms with Gasteiger partial charge in [-0.25, -0.2) is 4.98 Å². The van der Waals surface area contributed by atoms with Crippen LogP contribution in [0.3, 0.4) is 0 Å². The molecule has 1 aromatic heterocycles. The van der Waals surface area contributed by atoms with Gasteiger partial charge >= 0.3 is 6.18 Å². The van der Waals surface area contributed by atoms with Gasteiger partial charge in [0.25, 0.3) is 0 Å². The summed E-state index contributed by atoms with van der Waals surface area (Å²) in [5, 5.41) is 11.0. The smallest absolute Gasteiger partial charge is 0.395 e. The molecule has 0 spiro atoms. The average molecular weight is 289 g/mol. The van der Waals surface area contributed by atoms with Crippen LogP contribution in [0.4, 0.5) is 13.2 Å². The lowest BCUT2D eigenvalue weighted by molar-refractivity contribution is -0.147. The van der Waals surface area contributed by atoms with Crippen molar-refractivity contribution in [3.63, 3.8) is 0 Å². The topological polar surface area (TPSA) is 36.4 Å². The average Bonchev–Trinajstić information content (AvgIpc) is 2.63. The van der Waals surface area contributed by atoms with Gasteiger partial charge in [0.15, 0.2) is 0 Å². The highest BCUT2D eigenvalue weighted by Gasteiger charge is 2.30. The first-order valence-electron chi connectivity index (χ1n) is 4.84. The first-order chi connectivity index (χ1) is 7.94. The summed E-state index contributed by atoms with van der Waals surface area (Å²) in [5.74, 6) is 0.246. The predicted molar refractivity (Wildman–Crippen MR) is 60.1 cm³/mol. The van der Waals surface area contributed by atoms with Gasteiger partial charge in [0, 0.05) is 11.9 Å². The van der Waals surface area contributed by atoms with Gasteiger partial charge in [0.2, 0.25) is 0 Å². The van der Waals surface area contributed by atoms with Gasteiger partial charge in [-0.3, -0.25) is 4.90 Å². The van der Waals surface area contributed by atoms with E-state index in [1.165, 1.54) is 11.3 Å². The normalized spacial score (nSPS) is 12.4. The molecule has 1 aromatic rings. The third kappa shape index (κ3) is 5.67. The largest absolute Gasteiger partial charge is 0.401 e. The molecule has 17 heavy (non-hydrogen) atoms. The molecule has 0 aliphatic heterocycles. The predicted octanol–water partition coefficient (Wildman–Crippen LogP) is 2.24. The summed E-state index contributed by atoms with van der Waals surface area (Å²) in [6.07, 6.45) is -4.28. The van der Waals surface area contributed by atoms with Crippen LogP contribution in [-0.2, 0) is 12.4 Å². The van der Waals surface area contributed by atoms with Crippen LogP contribution in [0.25, 0.3) is 0 Å². The van der Waals surface area contributed by atoms with E-state index in [2.05, 4.69) is 4.98 Å². The van der Waals surface area contributed by atoms with Crippen molar-refractivity contribution < 1.29 is 18.3 Å². The lowest BCUT2D eigenvalue weighted by Crippen LogP contribution is -2.35. The second-order valence-corrected chi connectivity index (χ2v) is 4.63. The lowest BCUT2D eigenvalue weighted by atomic mass is 10.4. The van der Waals surface area contributed by atoms with E-state index in [0.717, 1.165) is 4.90 Å². The Morgan fingerprint density at radius 2 is 2.18 bits per heavy atom. The van der Waals surface area contributed by atoms with Crippen LogP contribution in [0.15, 0.2) is 5.38 Å². The second-order valence-electron chi connectivity index (χ2n) is 3.42. The van der Waals surface area contributed by atoms with Gasteiger partial charge in [0.1, 0.15) is 5.01 Å². The van der Waals surface area contributed by atoms with Crippen LogP contribution in [0.5, 0.6) is 0 Å². The highest BCUT2D eigenvalue weighted by Crippen LogP contribution is 2.19. The first-order valence-corrected chi connectivity index (χ1v) is 6.25. The third-order valence-electron chi connectivity index (χ3n) is 1.91. The van der Waals surface area contributed by atoms with Crippen molar-refractivity contribution in [3.8, 4) is 0 Å². The number of alkyl halides is 4. The van der Waals surface area contributed by atoms with E-state index in [4.69, 9.17) is 16.7 Å². The van der Waals surface area contributed by atoms with Crippen molar-refractivity contribution in [1.29, 1.82) is 0 Å². The Hall–Kier alpha value is -0.370. The maximum Gasteiger partial charge on any atom is 0.401 e. The van der Waals surface area contributed by atoms with Crippen LogP contribution in [-0.4, -0.2) is 40.9 Å². The molecule has 3 nitrogen and oxygen atoms in total. The molecule has 0 radical (unpaired) electrons. The molecule has 8 heteroatoms. The molecule has 1 heterocycles. The highest BCUT2D eigenvalue weighted by molar-refractivity contribution is 7.09. The molecule has 0 fully saturated rings. The van der Waals surface area contributed by atoms with Crippen molar-refractivity contribution in [2.45, 2.75) is 18.6 Å². The molecule has 0 amide bonds. The van der Waals surface area contributed by atoms with Gasteiger partial charge in [-0.05, 0) is 0 Å². The minimum Gasteiger partial charge on any atom is -0.395 e. The monoisotopic (exact) mass is 288 g/mol. The zero-order chi connectivity index (χ0) is 12.9. The van der Waals surface area contributed by atoms with Gasteiger partial charge in [-0.15, -0.1) is 22.9 Å². The lowest BCUT2D eigenvalue weighted by Gasteiger charge is -2.21. The van der Waals surface area contributed by atoms with E-state index in [0.29, 0.717) is 10.7 Å². The number of aliphatic hydroxyl groups is 1. The molecule has 0 aromatic carbocycles. The zero-order valence-corrected chi connectivity index (χ0v) is 10.4. The first kappa shape index (κ1) is 14.7. The van der Waals surface area contributed by atoms with Crippen molar-refractivity contribution >= 4 is 22.9 Å². The molecule has 0 bridgehead atoms. The summed E-state index contributed by atoms with van der Waals surface area (Å²) in [6.45, 7) is -1.33. The molecule has 1 N–H and O–H groups in total. The van der Waals surface area contributed by atoms with Gasteiger partial charge in [-0.2, -0.15) is 13.2 Å². The molecule has 0 saturated carbocycles. The van der Waals surface area contributed by atoms with E-state index in [9.17, 15) is 13.2 Å². The second kappa shape index (κ2) is 6.53. The van der Waals surface area contributed by atoms with Gasteiger partial charge in [-0.1, -0.05) is 0 Å². The summed E-state index contributed by atoms with van der Waals surface area (Å²) in [4.78, 5) is 5.18. The molecule has 0 unspecified atom stereocenters. The van der Waals surface area contributed by atoms with Crippen molar-refractivity contribution in [3.05, 3.63) is 16.1 Å². The van der Waals surface area contributed by atoms with E-state index >= 15 is 0 Å². The van der Waals surface area contributed by atoms with Crippen LogP contribution in [0, 0.1) is 0 Å². The summed E-state index contributed by atoms with van der Waals surface area (Å²) >= 11 is 6.82. The molecule has 0 aliphatic rings. The van der Waals surface area contributed by atoms with Crippen LogP contribution in [0.1, 0.15) is 10.7 Å². The summed E-state index contributed by atoms with van der Waals surface area (Å²) in [7, 11) is 0. The Morgan fingerprint density at radius 3 is 2.65 bits per heavy atom. The van der Waals surface area contributed by atoms with Crippen molar-refractivity contribution in [2.75, 3.05) is 19.7 Å². The van der Waals surface area contributed by atoms with Crippen LogP contribution < -0.4 is 0 Å². The zero-order valence-electron chi connectivity index (χ0n) is 8.87. The molecule has 0 atom stereocenters. The van der Waals surface area contributed by atoms with Crippen molar-refractivity contribution in [2.24, 2.45) is 0 Å². The van der Waals surface area contributed by atoms with E-state index < -0.39 is 12.7 Å². The number of aliphatic hydroxyl groups excluding tert-OH is 1. The maximum absolute atomic E-state index is 12.2. The molecule has 98 valence electrons. The Morgan fingerprint density at radius 1 is 1.47 bits per heavy atom. The van der Waals surface area contributed by atoms with E-state index in [1.54, 1.807) is 5.38 Å². The highest BCUT2D eigenvalue weighted by atomic mass is 35.5. The van der Waals surface area contributed by atoms with E-state index in [1.807, 2.05) is 0 Å². The molecular formula is C9H12ClF3N2OS. The number of hydrogen-bond donors (Lipinski definition) is 1.